The monoisotopic (exact) mass is 194 g/mol. The van der Waals surface area contributed by atoms with Gasteiger partial charge in [-0.3, -0.25) is 4.79 Å². The quantitative estimate of drug-likeness (QED) is 0.643. The van der Waals surface area contributed by atoms with Crippen LogP contribution in [-0.4, -0.2) is 11.2 Å². The van der Waals surface area contributed by atoms with Crippen molar-refractivity contribution in [1.82, 2.24) is 0 Å². The smallest absolute Gasteiger partial charge is 0.153 e. The van der Waals surface area contributed by atoms with Crippen LogP contribution in [0.3, 0.4) is 0 Å². The summed E-state index contributed by atoms with van der Waals surface area (Å²) in [6.45, 7) is 4.02. The van der Waals surface area contributed by atoms with Gasteiger partial charge in [0.1, 0.15) is 12.0 Å². The van der Waals surface area contributed by atoms with Crippen LogP contribution in [0.15, 0.2) is 23.1 Å². The van der Waals surface area contributed by atoms with Gasteiger partial charge >= 0.3 is 0 Å². The fourth-order valence-corrected chi connectivity index (χ4v) is 2.31. The Balaban J connectivity index is 2.41. The second kappa shape index (κ2) is 2.77. The summed E-state index contributed by atoms with van der Waals surface area (Å²) in [7, 11) is 0. The maximum absolute atomic E-state index is 10.5. The molecule has 0 N–H and O–H groups in total. The first-order valence-corrected chi connectivity index (χ1v) is 4.90. The highest BCUT2D eigenvalue weighted by Crippen LogP contribution is 2.46. The average molecular weight is 194 g/mol. The highest BCUT2D eigenvalue weighted by molar-refractivity contribution is 8.00. The summed E-state index contributed by atoms with van der Waals surface area (Å²) in [5, 5.41) is 0. The zero-order chi connectivity index (χ0) is 9.47. The van der Waals surface area contributed by atoms with Crippen molar-refractivity contribution < 1.29 is 9.53 Å². The molecule has 0 spiro atoms. The Morgan fingerprint density at radius 2 is 2.23 bits per heavy atom. The second-order valence-corrected chi connectivity index (χ2v) is 5.06. The van der Waals surface area contributed by atoms with Gasteiger partial charge in [0.05, 0.1) is 4.90 Å². The number of rotatable bonds is 1. The van der Waals surface area contributed by atoms with E-state index in [-0.39, 0.29) is 4.93 Å². The Hall–Kier alpha value is -0.960. The third kappa shape index (κ3) is 1.56. The lowest BCUT2D eigenvalue weighted by Crippen LogP contribution is -2.18. The lowest BCUT2D eigenvalue weighted by atomic mass is 10.2. The van der Waals surface area contributed by atoms with Gasteiger partial charge in [-0.2, -0.15) is 0 Å². The van der Waals surface area contributed by atoms with Crippen molar-refractivity contribution in [3.63, 3.8) is 0 Å². The van der Waals surface area contributed by atoms with Gasteiger partial charge in [0.25, 0.3) is 0 Å². The van der Waals surface area contributed by atoms with Crippen molar-refractivity contribution >= 4 is 18.0 Å². The van der Waals surface area contributed by atoms with Crippen molar-refractivity contribution in [3.05, 3.63) is 23.8 Å². The first-order valence-electron chi connectivity index (χ1n) is 4.08. The SMILES string of the molecule is CC1(C)Oc2cc(C=O)ccc2S1. The number of aldehydes is 1. The standard InChI is InChI=1S/C10H10O2S/c1-10(2)12-8-5-7(6-11)3-4-9(8)13-10/h3-6H,1-2H3. The molecule has 13 heavy (non-hydrogen) atoms. The first-order chi connectivity index (χ1) is 6.11. The van der Waals surface area contributed by atoms with E-state index in [0.717, 1.165) is 16.9 Å². The normalized spacial score (nSPS) is 17.7. The second-order valence-electron chi connectivity index (χ2n) is 3.43. The van der Waals surface area contributed by atoms with Crippen LogP contribution in [0.25, 0.3) is 0 Å². The maximum Gasteiger partial charge on any atom is 0.153 e. The molecule has 0 aliphatic carbocycles. The highest BCUT2D eigenvalue weighted by Gasteiger charge is 2.30. The molecule has 1 aromatic rings. The summed E-state index contributed by atoms with van der Waals surface area (Å²) < 4.78 is 5.64. The summed E-state index contributed by atoms with van der Waals surface area (Å²) in [5.74, 6) is 0.819. The van der Waals surface area contributed by atoms with Crippen LogP contribution in [0.5, 0.6) is 5.75 Å². The van der Waals surface area contributed by atoms with Crippen LogP contribution in [-0.2, 0) is 0 Å². The van der Waals surface area contributed by atoms with Crippen LogP contribution >= 0.6 is 11.8 Å². The molecule has 0 aromatic heterocycles. The van der Waals surface area contributed by atoms with E-state index in [1.165, 1.54) is 0 Å². The summed E-state index contributed by atoms with van der Waals surface area (Å²) in [6.07, 6.45) is 0.833. The Morgan fingerprint density at radius 1 is 1.46 bits per heavy atom. The molecule has 0 saturated carbocycles. The van der Waals surface area contributed by atoms with E-state index in [0.29, 0.717) is 5.56 Å². The minimum Gasteiger partial charge on any atom is -0.476 e. The molecular formula is C10H10O2S. The molecule has 1 aliphatic rings. The van der Waals surface area contributed by atoms with Gasteiger partial charge in [-0.05, 0) is 26.0 Å². The van der Waals surface area contributed by atoms with Crippen LogP contribution in [0.1, 0.15) is 24.2 Å². The minimum atomic E-state index is -0.205. The molecule has 0 amide bonds. The number of benzene rings is 1. The molecule has 1 heterocycles. The number of carbonyl (C=O) groups excluding carboxylic acids is 1. The zero-order valence-electron chi connectivity index (χ0n) is 7.53. The molecule has 68 valence electrons. The Kier molecular flexibility index (Phi) is 1.84. The van der Waals surface area contributed by atoms with Gasteiger partial charge in [0.15, 0.2) is 4.93 Å². The maximum atomic E-state index is 10.5. The number of hydrogen-bond acceptors (Lipinski definition) is 3. The molecular weight excluding hydrogens is 184 g/mol. The van der Waals surface area contributed by atoms with Crippen LogP contribution in [0.4, 0.5) is 0 Å². The summed E-state index contributed by atoms with van der Waals surface area (Å²) in [4.78, 5) is 11.4. The molecule has 0 radical (unpaired) electrons. The molecule has 0 bridgehead atoms. The van der Waals surface area contributed by atoms with Gasteiger partial charge in [0.2, 0.25) is 0 Å². The van der Waals surface area contributed by atoms with E-state index in [1.807, 2.05) is 26.0 Å². The first kappa shape index (κ1) is 8.63. The van der Waals surface area contributed by atoms with Crippen molar-refractivity contribution in [2.24, 2.45) is 0 Å². The summed E-state index contributed by atoms with van der Waals surface area (Å²) >= 11 is 1.67. The number of ether oxygens (including phenoxy) is 1. The number of hydrogen-bond donors (Lipinski definition) is 0. The van der Waals surface area contributed by atoms with E-state index in [1.54, 1.807) is 17.8 Å². The molecule has 3 heteroatoms. The predicted molar refractivity (Wildman–Crippen MR) is 52.4 cm³/mol. The molecule has 1 aromatic carbocycles. The number of fused-ring (bicyclic) bond motifs is 1. The molecule has 2 nitrogen and oxygen atoms in total. The zero-order valence-corrected chi connectivity index (χ0v) is 8.35. The third-order valence-electron chi connectivity index (χ3n) is 1.82. The number of carbonyl (C=O) groups is 1. The average Bonchev–Trinajstić information content (AvgIpc) is 2.36. The molecule has 0 atom stereocenters. The van der Waals surface area contributed by atoms with Crippen molar-refractivity contribution in [2.45, 2.75) is 23.7 Å². The van der Waals surface area contributed by atoms with Crippen molar-refractivity contribution in [1.29, 1.82) is 0 Å². The van der Waals surface area contributed by atoms with Crippen LogP contribution < -0.4 is 4.74 Å². The van der Waals surface area contributed by atoms with E-state index >= 15 is 0 Å². The van der Waals surface area contributed by atoms with E-state index < -0.39 is 0 Å². The van der Waals surface area contributed by atoms with E-state index in [2.05, 4.69) is 0 Å². The van der Waals surface area contributed by atoms with Crippen molar-refractivity contribution in [2.75, 3.05) is 0 Å². The van der Waals surface area contributed by atoms with Gasteiger partial charge in [-0.15, -0.1) is 0 Å². The van der Waals surface area contributed by atoms with Gasteiger partial charge in [-0.1, -0.05) is 17.8 Å². The van der Waals surface area contributed by atoms with Crippen LogP contribution in [0, 0.1) is 0 Å². The molecule has 2 rings (SSSR count). The predicted octanol–water partition coefficient (Wildman–Crippen LogP) is 2.72. The molecule has 0 fully saturated rings. The van der Waals surface area contributed by atoms with Gasteiger partial charge < -0.3 is 4.74 Å². The molecule has 1 aliphatic heterocycles. The topological polar surface area (TPSA) is 26.3 Å². The Morgan fingerprint density at radius 3 is 2.92 bits per heavy atom. The fraction of sp³-hybridized carbons (Fsp3) is 0.300. The van der Waals surface area contributed by atoms with Crippen molar-refractivity contribution in [3.8, 4) is 5.75 Å². The molecule has 0 unspecified atom stereocenters. The van der Waals surface area contributed by atoms with Gasteiger partial charge in [-0.25, -0.2) is 0 Å². The summed E-state index contributed by atoms with van der Waals surface area (Å²) in [5.41, 5.74) is 0.664. The lowest BCUT2D eigenvalue weighted by molar-refractivity contribution is 0.112. The van der Waals surface area contributed by atoms with E-state index in [9.17, 15) is 4.79 Å². The van der Waals surface area contributed by atoms with E-state index in [4.69, 9.17) is 4.74 Å². The Bertz CT molecular complexity index is 358. The molecule has 0 saturated heterocycles. The minimum absolute atomic E-state index is 0.205. The highest BCUT2D eigenvalue weighted by atomic mass is 32.2. The largest absolute Gasteiger partial charge is 0.476 e. The van der Waals surface area contributed by atoms with Gasteiger partial charge in [0, 0.05) is 5.56 Å². The third-order valence-corrected chi connectivity index (χ3v) is 2.95. The Labute approximate surface area is 81.3 Å². The fourth-order valence-electron chi connectivity index (χ4n) is 1.31. The lowest BCUT2D eigenvalue weighted by Gasteiger charge is -2.15. The number of thioether (sulfide) groups is 1. The van der Waals surface area contributed by atoms with Crippen LogP contribution in [0.2, 0.25) is 0 Å². The summed E-state index contributed by atoms with van der Waals surface area (Å²) in [6, 6.07) is 5.52.